The Morgan fingerprint density at radius 1 is 1.26 bits per heavy atom. The number of nitrogens with two attached hydrogens (primary N) is 1. The van der Waals surface area contributed by atoms with Gasteiger partial charge in [0.25, 0.3) is 0 Å². The number of nitrogen functional groups attached to an aromatic ring is 1. The van der Waals surface area contributed by atoms with Crippen molar-refractivity contribution in [2.45, 2.75) is 25.7 Å². The van der Waals surface area contributed by atoms with Gasteiger partial charge >= 0.3 is 0 Å². The molecule has 0 amide bonds. The average Bonchev–Trinajstić information content (AvgIpc) is 2.40. The Balaban J connectivity index is 2.33. The first-order valence-electron chi connectivity index (χ1n) is 6.55. The van der Waals surface area contributed by atoms with Gasteiger partial charge in [0, 0.05) is 18.7 Å². The standard InChI is InChI=1S/C14H23FN2OS/c1-18-14-10-13(11(15)9-12(14)16)17-7-5-3-4-6-8-19-2/h9-10,17H,3-8,16H2,1-2H3. The second kappa shape index (κ2) is 8.91. The molecule has 0 aliphatic carbocycles. The number of benzene rings is 1. The fraction of sp³-hybridized carbons (Fsp3) is 0.571. The van der Waals surface area contributed by atoms with Crippen LogP contribution in [0, 0.1) is 5.82 Å². The summed E-state index contributed by atoms with van der Waals surface area (Å²) in [5.41, 5.74) is 6.40. The lowest BCUT2D eigenvalue weighted by Crippen LogP contribution is -2.05. The van der Waals surface area contributed by atoms with E-state index in [1.54, 1.807) is 6.07 Å². The van der Waals surface area contributed by atoms with Gasteiger partial charge in [-0.3, -0.25) is 0 Å². The monoisotopic (exact) mass is 286 g/mol. The first-order chi connectivity index (χ1) is 9.19. The number of hydrogen-bond donors (Lipinski definition) is 2. The molecule has 1 rings (SSSR count). The topological polar surface area (TPSA) is 47.3 Å². The van der Waals surface area contributed by atoms with Crippen LogP contribution in [0.15, 0.2) is 12.1 Å². The minimum atomic E-state index is -0.333. The van der Waals surface area contributed by atoms with Gasteiger partial charge in [0.05, 0.1) is 18.5 Å². The van der Waals surface area contributed by atoms with E-state index in [9.17, 15) is 4.39 Å². The van der Waals surface area contributed by atoms with E-state index in [0.29, 0.717) is 17.1 Å². The van der Waals surface area contributed by atoms with E-state index >= 15 is 0 Å². The molecule has 0 radical (unpaired) electrons. The van der Waals surface area contributed by atoms with Crippen molar-refractivity contribution >= 4 is 23.1 Å². The molecule has 0 spiro atoms. The largest absolute Gasteiger partial charge is 0.495 e. The van der Waals surface area contributed by atoms with Gasteiger partial charge < -0.3 is 15.8 Å². The fourth-order valence-electron chi connectivity index (χ4n) is 1.83. The Labute approximate surface area is 119 Å². The van der Waals surface area contributed by atoms with E-state index in [2.05, 4.69) is 11.6 Å². The van der Waals surface area contributed by atoms with Crippen molar-refractivity contribution in [3.8, 4) is 5.75 Å². The Morgan fingerprint density at radius 2 is 2.00 bits per heavy atom. The number of ether oxygens (including phenoxy) is 1. The molecule has 0 unspecified atom stereocenters. The maximum absolute atomic E-state index is 13.6. The summed E-state index contributed by atoms with van der Waals surface area (Å²) in [6, 6.07) is 2.90. The molecular weight excluding hydrogens is 263 g/mol. The zero-order valence-electron chi connectivity index (χ0n) is 11.7. The summed E-state index contributed by atoms with van der Waals surface area (Å²) in [7, 11) is 1.53. The molecule has 0 atom stereocenters. The van der Waals surface area contributed by atoms with Gasteiger partial charge in [0.15, 0.2) is 0 Å². The number of methoxy groups -OCH3 is 1. The third-order valence-electron chi connectivity index (χ3n) is 2.91. The van der Waals surface area contributed by atoms with Gasteiger partial charge in [-0.25, -0.2) is 4.39 Å². The summed E-state index contributed by atoms with van der Waals surface area (Å²) >= 11 is 1.88. The molecule has 108 valence electrons. The predicted molar refractivity (Wildman–Crippen MR) is 82.7 cm³/mol. The summed E-state index contributed by atoms with van der Waals surface area (Å²) < 4.78 is 18.7. The van der Waals surface area contributed by atoms with Gasteiger partial charge in [-0.2, -0.15) is 11.8 Å². The quantitative estimate of drug-likeness (QED) is 0.536. The minimum absolute atomic E-state index is 0.322. The lowest BCUT2D eigenvalue weighted by Gasteiger charge is -2.11. The van der Waals surface area contributed by atoms with Crippen molar-refractivity contribution in [3.05, 3.63) is 17.9 Å². The molecule has 1 aromatic rings. The average molecular weight is 286 g/mol. The van der Waals surface area contributed by atoms with Crippen LogP contribution in [-0.2, 0) is 0 Å². The molecule has 0 aromatic heterocycles. The molecule has 0 saturated carbocycles. The Morgan fingerprint density at radius 3 is 2.68 bits per heavy atom. The smallest absolute Gasteiger partial charge is 0.148 e. The van der Waals surface area contributed by atoms with E-state index in [1.807, 2.05) is 11.8 Å². The van der Waals surface area contributed by atoms with Crippen molar-refractivity contribution in [3.63, 3.8) is 0 Å². The molecule has 0 saturated heterocycles. The molecule has 3 N–H and O–H groups in total. The molecule has 0 bridgehead atoms. The lowest BCUT2D eigenvalue weighted by molar-refractivity contribution is 0.416. The van der Waals surface area contributed by atoms with Crippen molar-refractivity contribution in [1.29, 1.82) is 0 Å². The van der Waals surface area contributed by atoms with Gasteiger partial charge in [0.2, 0.25) is 0 Å². The number of thioether (sulfide) groups is 1. The summed E-state index contributed by atoms with van der Waals surface area (Å²) in [5, 5.41) is 3.09. The fourth-order valence-corrected chi connectivity index (χ4v) is 2.32. The van der Waals surface area contributed by atoms with Crippen molar-refractivity contribution in [2.75, 3.05) is 36.7 Å². The Kier molecular flexibility index (Phi) is 7.48. The normalized spacial score (nSPS) is 10.5. The second-order valence-corrected chi connectivity index (χ2v) is 5.39. The molecule has 0 aliphatic heterocycles. The van der Waals surface area contributed by atoms with Crippen LogP contribution < -0.4 is 15.8 Å². The first-order valence-corrected chi connectivity index (χ1v) is 7.94. The Bertz CT molecular complexity index is 388. The van der Waals surface area contributed by atoms with Gasteiger partial charge in [-0.15, -0.1) is 0 Å². The first kappa shape index (κ1) is 16.0. The summed E-state index contributed by atoms with van der Waals surface area (Å²) in [5.74, 6) is 1.39. The number of anilines is 2. The van der Waals surface area contributed by atoms with E-state index in [-0.39, 0.29) is 5.82 Å². The van der Waals surface area contributed by atoms with Crippen LogP contribution >= 0.6 is 11.8 Å². The van der Waals surface area contributed by atoms with E-state index in [1.165, 1.54) is 38.2 Å². The van der Waals surface area contributed by atoms with Crippen LogP contribution in [-0.4, -0.2) is 25.7 Å². The number of hydrogen-bond acceptors (Lipinski definition) is 4. The van der Waals surface area contributed by atoms with E-state index in [0.717, 1.165) is 13.0 Å². The lowest BCUT2D eigenvalue weighted by atomic mass is 10.2. The van der Waals surface area contributed by atoms with Crippen LogP contribution in [0.1, 0.15) is 25.7 Å². The van der Waals surface area contributed by atoms with Crippen molar-refractivity contribution in [2.24, 2.45) is 0 Å². The zero-order valence-corrected chi connectivity index (χ0v) is 12.5. The Hall–Kier alpha value is -1.10. The van der Waals surface area contributed by atoms with Gasteiger partial charge in [0.1, 0.15) is 11.6 Å². The van der Waals surface area contributed by atoms with Crippen LogP contribution in [0.5, 0.6) is 5.75 Å². The highest BCUT2D eigenvalue weighted by Crippen LogP contribution is 2.28. The minimum Gasteiger partial charge on any atom is -0.495 e. The third kappa shape index (κ3) is 5.59. The van der Waals surface area contributed by atoms with Gasteiger partial charge in [-0.1, -0.05) is 12.8 Å². The van der Waals surface area contributed by atoms with Crippen LogP contribution in [0.4, 0.5) is 15.8 Å². The van der Waals surface area contributed by atoms with Crippen molar-refractivity contribution in [1.82, 2.24) is 0 Å². The molecule has 5 heteroatoms. The molecule has 1 aromatic carbocycles. The number of halogens is 1. The molecule has 3 nitrogen and oxygen atoms in total. The SMILES string of the molecule is COc1cc(NCCCCCCSC)c(F)cc1N. The summed E-state index contributed by atoms with van der Waals surface area (Å²) in [6.07, 6.45) is 6.82. The zero-order chi connectivity index (χ0) is 14.1. The molecule has 19 heavy (non-hydrogen) atoms. The van der Waals surface area contributed by atoms with Crippen LogP contribution in [0.3, 0.4) is 0 Å². The molecular formula is C14H23FN2OS. The van der Waals surface area contributed by atoms with Gasteiger partial charge in [-0.05, 0) is 24.9 Å². The summed E-state index contributed by atoms with van der Waals surface area (Å²) in [6.45, 7) is 0.767. The highest BCUT2D eigenvalue weighted by molar-refractivity contribution is 7.98. The maximum atomic E-state index is 13.6. The van der Waals surface area contributed by atoms with E-state index < -0.39 is 0 Å². The van der Waals surface area contributed by atoms with Crippen molar-refractivity contribution < 1.29 is 9.13 Å². The predicted octanol–water partition coefficient (Wildman–Crippen LogP) is 3.75. The van der Waals surface area contributed by atoms with Crippen LogP contribution in [0.25, 0.3) is 0 Å². The maximum Gasteiger partial charge on any atom is 0.148 e. The second-order valence-electron chi connectivity index (χ2n) is 4.41. The molecule has 0 fully saturated rings. The third-order valence-corrected chi connectivity index (χ3v) is 3.61. The summed E-state index contributed by atoms with van der Waals surface area (Å²) in [4.78, 5) is 0. The number of rotatable bonds is 9. The molecule has 0 heterocycles. The van der Waals surface area contributed by atoms with Crippen LogP contribution in [0.2, 0.25) is 0 Å². The molecule has 0 aliphatic rings. The highest BCUT2D eigenvalue weighted by Gasteiger charge is 2.07. The highest BCUT2D eigenvalue weighted by atomic mass is 32.2. The number of nitrogens with one attached hydrogen (secondary N) is 1. The van der Waals surface area contributed by atoms with E-state index in [4.69, 9.17) is 10.5 Å². The number of unbranched alkanes of at least 4 members (excludes halogenated alkanes) is 3.